The number of carboxylic acid groups (broad SMARTS) is 1. The zero-order chi connectivity index (χ0) is 20.4. The summed E-state index contributed by atoms with van der Waals surface area (Å²) >= 11 is 0. The fourth-order valence-electron chi connectivity index (χ4n) is 1.69. The van der Waals surface area contributed by atoms with Crippen molar-refractivity contribution >= 4 is 29.6 Å². The monoisotopic (exact) mass is 377 g/mol. The molecule has 0 aliphatic rings. The Morgan fingerprint density at radius 2 is 1.65 bits per heavy atom. The van der Waals surface area contributed by atoms with Crippen molar-refractivity contribution in [1.29, 1.82) is 0 Å². The molecule has 0 saturated carbocycles. The third-order valence-electron chi connectivity index (χ3n) is 3.06. The number of carboxylic acids is 1. The highest BCUT2D eigenvalue weighted by Gasteiger charge is 2.27. The Kier molecular flexibility index (Phi) is 9.80. The molecule has 4 unspecified atom stereocenters. The van der Waals surface area contributed by atoms with E-state index in [0.717, 1.165) is 6.92 Å². The summed E-state index contributed by atoms with van der Waals surface area (Å²) in [6, 6.07) is -4.35. The molecule has 0 aliphatic heterocycles. The van der Waals surface area contributed by atoms with Crippen LogP contribution in [0.15, 0.2) is 0 Å². The van der Waals surface area contributed by atoms with Crippen molar-refractivity contribution in [3.8, 4) is 0 Å². The highest BCUT2D eigenvalue weighted by Crippen LogP contribution is 1.93. The maximum absolute atomic E-state index is 11.8. The van der Waals surface area contributed by atoms with E-state index in [1.54, 1.807) is 0 Å². The van der Waals surface area contributed by atoms with Crippen LogP contribution >= 0.6 is 0 Å². The fourth-order valence-corrected chi connectivity index (χ4v) is 1.69. The van der Waals surface area contributed by atoms with E-state index in [1.807, 2.05) is 5.32 Å². The number of primary amides is 1. The summed E-state index contributed by atoms with van der Waals surface area (Å²) < 4.78 is 0. The first-order valence-electron chi connectivity index (χ1n) is 7.42. The van der Waals surface area contributed by atoms with Crippen molar-refractivity contribution in [3.63, 3.8) is 0 Å². The summed E-state index contributed by atoms with van der Waals surface area (Å²) in [6.07, 6.45) is -1.84. The van der Waals surface area contributed by atoms with Gasteiger partial charge in [-0.25, -0.2) is 4.79 Å². The molecule has 0 saturated heterocycles. The highest BCUT2D eigenvalue weighted by atomic mass is 16.4. The summed E-state index contributed by atoms with van der Waals surface area (Å²) in [7, 11) is 0. The van der Waals surface area contributed by atoms with Crippen molar-refractivity contribution < 1.29 is 39.3 Å². The van der Waals surface area contributed by atoms with E-state index in [0.29, 0.717) is 0 Å². The minimum absolute atomic E-state index is 0.468. The van der Waals surface area contributed by atoms with Crippen LogP contribution in [0.5, 0.6) is 0 Å². The topological polar surface area (TPSA) is 234 Å². The summed E-state index contributed by atoms with van der Waals surface area (Å²) in [5, 5.41) is 33.3. The molecule has 0 radical (unpaired) electrons. The molecule has 13 nitrogen and oxygen atoms in total. The normalized spacial score (nSPS) is 15.1. The van der Waals surface area contributed by atoms with Gasteiger partial charge < -0.3 is 42.7 Å². The molecule has 26 heavy (non-hydrogen) atoms. The standard InChI is InChI=1S/C13H23N5O8/c1-5(20)10(13(25)26)18-9(22)3-16-12(24)7(4-19)17-11(23)6(14)2-8(15)21/h5-7,10,19-20H,2-4,14H2,1H3,(H2,15,21)(H,16,24)(H,17,23)(H,18,22)(H,25,26). The molecule has 4 atom stereocenters. The Morgan fingerprint density at radius 3 is 2.08 bits per heavy atom. The van der Waals surface area contributed by atoms with E-state index < -0.39 is 73.4 Å². The molecule has 0 rings (SSSR count). The maximum Gasteiger partial charge on any atom is 0.328 e. The zero-order valence-corrected chi connectivity index (χ0v) is 14.0. The Labute approximate surface area is 148 Å². The van der Waals surface area contributed by atoms with Gasteiger partial charge in [0.15, 0.2) is 6.04 Å². The van der Waals surface area contributed by atoms with Crippen LogP contribution in [-0.2, 0) is 24.0 Å². The van der Waals surface area contributed by atoms with Crippen molar-refractivity contribution in [3.05, 3.63) is 0 Å². The van der Waals surface area contributed by atoms with Crippen LogP contribution in [0.3, 0.4) is 0 Å². The molecule has 0 aromatic heterocycles. The molecule has 10 N–H and O–H groups in total. The average molecular weight is 377 g/mol. The first-order chi connectivity index (χ1) is 12.0. The fraction of sp³-hybridized carbons (Fsp3) is 0.615. The minimum Gasteiger partial charge on any atom is -0.480 e. The van der Waals surface area contributed by atoms with Gasteiger partial charge in [-0.3, -0.25) is 19.2 Å². The number of nitrogens with two attached hydrogens (primary N) is 2. The van der Waals surface area contributed by atoms with E-state index in [1.165, 1.54) is 0 Å². The first kappa shape index (κ1) is 23.2. The van der Waals surface area contributed by atoms with Gasteiger partial charge in [-0.15, -0.1) is 0 Å². The molecule has 0 heterocycles. The van der Waals surface area contributed by atoms with Gasteiger partial charge in [0.25, 0.3) is 0 Å². The van der Waals surface area contributed by atoms with Crippen molar-refractivity contribution in [2.24, 2.45) is 11.5 Å². The number of hydrogen-bond donors (Lipinski definition) is 8. The van der Waals surface area contributed by atoms with Gasteiger partial charge in [0, 0.05) is 0 Å². The number of aliphatic carboxylic acids is 1. The Bertz CT molecular complexity index is 553. The third kappa shape index (κ3) is 8.36. The van der Waals surface area contributed by atoms with Gasteiger partial charge in [0.1, 0.15) is 6.04 Å². The van der Waals surface area contributed by atoms with Gasteiger partial charge in [-0.05, 0) is 6.92 Å². The molecule has 4 amide bonds. The Hall–Kier alpha value is -2.77. The first-order valence-corrected chi connectivity index (χ1v) is 7.42. The lowest BCUT2D eigenvalue weighted by Crippen LogP contribution is -2.55. The summed E-state index contributed by atoms with van der Waals surface area (Å²) in [4.78, 5) is 56.7. The van der Waals surface area contributed by atoms with Crippen LogP contribution in [0.1, 0.15) is 13.3 Å². The molecular formula is C13H23N5O8. The lowest BCUT2D eigenvalue weighted by atomic mass is 10.1. The molecule has 13 heteroatoms. The maximum atomic E-state index is 11.8. The number of carbonyl (C=O) groups excluding carboxylic acids is 4. The second-order valence-electron chi connectivity index (χ2n) is 5.36. The lowest BCUT2D eigenvalue weighted by Gasteiger charge is -2.19. The number of amides is 4. The molecule has 0 aromatic carbocycles. The van der Waals surface area contributed by atoms with E-state index >= 15 is 0 Å². The van der Waals surface area contributed by atoms with Gasteiger partial charge in [-0.2, -0.15) is 0 Å². The number of hydrogen-bond acceptors (Lipinski definition) is 8. The predicted octanol–water partition coefficient (Wildman–Crippen LogP) is -5.27. The molecule has 0 aromatic rings. The van der Waals surface area contributed by atoms with E-state index in [-0.39, 0.29) is 0 Å². The highest BCUT2D eigenvalue weighted by molar-refractivity contribution is 5.93. The summed E-state index contributed by atoms with van der Waals surface area (Å²) in [6.45, 7) is -0.340. The van der Waals surface area contributed by atoms with E-state index in [4.69, 9.17) is 21.7 Å². The number of nitrogens with one attached hydrogen (secondary N) is 3. The quantitative estimate of drug-likeness (QED) is 0.171. The van der Waals surface area contributed by atoms with Crippen molar-refractivity contribution in [1.82, 2.24) is 16.0 Å². The Morgan fingerprint density at radius 1 is 1.08 bits per heavy atom. The molecule has 148 valence electrons. The summed E-state index contributed by atoms with van der Waals surface area (Å²) in [5.74, 6) is -5.09. The van der Waals surface area contributed by atoms with Crippen molar-refractivity contribution in [2.45, 2.75) is 37.6 Å². The van der Waals surface area contributed by atoms with Gasteiger partial charge in [-0.1, -0.05) is 0 Å². The molecule has 0 bridgehead atoms. The van der Waals surface area contributed by atoms with Crippen molar-refractivity contribution in [2.75, 3.05) is 13.2 Å². The number of carbonyl (C=O) groups is 5. The minimum atomic E-state index is -1.57. The van der Waals surface area contributed by atoms with Crippen LogP contribution in [0.2, 0.25) is 0 Å². The zero-order valence-electron chi connectivity index (χ0n) is 14.0. The Balaban J connectivity index is 4.58. The third-order valence-corrected chi connectivity index (χ3v) is 3.06. The SMILES string of the molecule is CC(O)C(NC(=O)CNC(=O)C(CO)NC(=O)C(N)CC(N)=O)C(=O)O. The van der Waals surface area contributed by atoms with Crippen LogP contribution in [0.4, 0.5) is 0 Å². The number of rotatable bonds is 11. The second kappa shape index (κ2) is 11.0. The van der Waals surface area contributed by atoms with Crippen LogP contribution in [0.25, 0.3) is 0 Å². The summed E-state index contributed by atoms with van der Waals surface area (Å²) in [5.41, 5.74) is 10.3. The van der Waals surface area contributed by atoms with Crippen LogP contribution < -0.4 is 27.4 Å². The van der Waals surface area contributed by atoms with Crippen LogP contribution in [-0.4, -0.2) is 82.3 Å². The van der Waals surface area contributed by atoms with Gasteiger partial charge in [0.2, 0.25) is 23.6 Å². The van der Waals surface area contributed by atoms with E-state index in [9.17, 15) is 29.1 Å². The lowest BCUT2D eigenvalue weighted by molar-refractivity contribution is -0.144. The number of aliphatic hydroxyl groups excluding tert-OH is 2. The second-order valence-corrected chi connectivity index (χ2v) is 5.36. The van der Waals surface area contributed by atoms with Gasteiger partial charge in [0.05, 0.1) is 31.7 Å². The predicted molar refractivity (Wildman–Crippen MR) is 85.1 cm³/mol. The molecule has 0 aliphatic carbocycles. The van der Waals surface area contributed by atoms with Gasteiger partial charge >= 0.3 is 5.97 Å². The smallest absolute Gasteiger partial charge is 0.328 e. The molecular weight excluding hydrogens is 354 g/mol. The largest absolute Gasteiger partial charge is 0.480 e. The van der Waals surface area contributed by atoms with Crippen LogP contribution in [0, 0.1) is 0 Å². The molecule has 0 fully saturated rings. The number of aliphatic hydroxyl groups is 2. The molecule has 0 spiro atoms. The average Bonchev–Trinajstić information content (AvgIpc) is 2.53. The van der Waals surface area contributed by atoms with E-state index in [2.05, 4.69) is 10.6 Å².